The first-order chi connectivity index (χ1) is 9.00. The van der Waals surface area contributed by atoms with Gasteiger partial charge in [-0.2, -0.15) is 5.26 Å². The summed E-state index contributed by atoms with van der Waals surface area (Å²) in [7, 11) is 0. The highest BCUT2D eigenvalue weighted by Gasteiger charge is 2.30. The Balaban J connectivity index is 1.96. The van der Waals surface area contributed by atoms with Gasteiger partial charge in [0.1, 0.15) is 0 Å². The number of nitrogen functional groups attached to an aromatic ring is 1. The Hall–Kier alpha value is -1.53. The molecule has 3 heteroatoms. The third-order valence-electron chi connectivity index (χ3n) is 3.73. The van der Waals surface area contributed by atoms with Crippen LogP contribution < -0.4 is 5.73 Å². The van der Waals surface area contributed by atoms with Gasteiger partial charge in [0, 0.05) is 24.8 Å². The van der Waals surface area contributed by atoms with Gasteiger partial charge in [0.2, 0.25) is 0 Å². The van der Waals surface area contributed by atoms with E-state index in [1.165, 1.54) is 18.4 Å². The number of nitriles is 1. The van der Waals surface area contributed by atoms with Crippen LogP contribution in [0.25, 0.3) is 0 Å². The summed E-state index contributed by atoms with van der Waals surface area (Å²) < 4.78 is 0. The standard InChI is InChI=1S/C16H23N3/c1-16(2,12-17)8-9-19(15-6-7-15)11-13-4-3-5-14(18)10-13/h3-5,10,15H,6-9,11,18H2,1-2H3. The summed E-state index contributed by atoms with van der Waals surface area (Å²) in [6.07, 6.45) is 3.49. The van der Waals surface area contributed by atoms with Gasteiger partial charge in [0.25, 0.3) is 0 Å². The van der Waals surface area contributed by atoms with Crippen molar-refractivity contribution < 1.29 is 0 Å². The summed E-state index contributed by atoms with van der Waals surface area (Å²) in [5.74, 6) is 0. The average molecular weight is 257 g/mol. The van der Waals surface area contributed by atoms with E-state index >= 15 is 0 Å². The molecule has 0 radical (unpaired) electrons. The second kappa shape index (κ2) is 5.63. The number of rotatable bonds is 6. The Morgan fingerprint density at radius 1 is 1.42 bits per heavy atom. The van der Waals surface area contributed by atoms with Gasteiger partial charge in [-0.3, -0.25) is 4.90 Å². The van der Waals surface area contributed by atoms with Crippen LogP contribution in [0.5, 0.6) is 0 Å². The molecule has 19 heavy (non-hydrogen) atoms. The van der Waals surface area contributed by atoms with E-state index in [0.717, 1.165) is 25.2 Å². The lowest BCUT2D eigenvalue weighted by Crippen LogP contribution is -2.29. The molecule has 1 aromatic carbocycles. The van der Waals surface area contributed by atoms with Crippen molar-refractivity contribution in [3.05, 3.63) is 29.8 Å². The zero-order valence-corrected chi connectivity index (χ0v) is 11.9. The normalized spacial score (nSPS) is 15.5. The number of nitrogens with zero attached hydrogens (tertiary/aromatic N) is 2. The summed E-state index contributed by atoms with van der Waals surface area (Å²) in [6.45, 7) is 5.95. The molecule has 2 N–H and O–H groups in total. The van der Waals surface area contributed by atoms with E-state index in [1.807, 2.05) is 32.0 Å². The zero-order chi connectivity index (χ0) is 13.9. The van der Waals surface area contributed by atoms with Crippen LogP contribution in [0.2, 0.25) is 0 Å². The van der Waals surface area contributed by atoms with Gasteiger partial charge in [-0.05, 0) is 50.8 Å². The molecule has 102 valence electrons. The van der Waals surface area contributed by atoms with E-state index < -0.39 is 0 Å². The first-order valence-electron chi connectivity index (χ1n) is 7.00. The van der Waals surface area contributed by atoms with Gasteiger partial charge in [0.15, 0.2) is 0 Å². The molecule has 3 nitrogen and oxygen atoms in total. The van der Waals surface area contributed by atoms with Crippen molar-refractivity contribution in [2.75, 3.05) is 12.3 Å². The van der Waals surface area contributed by atoms with Crippen LogP contribution in [0.3, 0.4) is 0 Å². The van der Waals surface area contributed by atoms with E-state index in [1.54, 1.807) is 0 Å². The number of hydrogen-bond donors (Lipinski definition) is 1. The summed E-state index contributed by atoms with van der Waals surface area (Å²) in [5, 5.41) is 9.10. The smallest absolute Gasteiger partial charge is 0.0684 e. The van der Waals surface area contributed by atoms with Crippen LogP contribution in [0, 0.1) is 16.7 Å². The Labute approximate surface area is 116 Å². The number of anilines is 1. The minimum absolute atomic E-state index is 0.233. The molecule has 0 unspecified atom stereocenters. The lowest BCUT2D eigenvalue weighted by Gasteiger charge is -2.25. The molecule has 0 spiro atoms. The number of hydrogen-bond acceptors (Lipinski definition) is 3. The van der Waals surface area contributed by atoms with Gasteiger partial charge in [-0.15, -0.1) is 0 Å². The van der Waals surface area contributed by atoms with Crippen molar-refractivity contribution in [1.82, 2.24) is 4.90 Å². The average Bonchev–Trinajstić information content (AvgIpc) is 3.19. The Morgan fingerprint density at radius 3 is 2.74 bits per heavy atom. The molecule has 0 aromatic heterocycles. The molecule has 1 aliphatic rings. The highest BCUT2D eigenvalue weighted by molar-refractivity contribution is 5.40. The predicted octanol–water partition coefficient (Wildman–Crippen LogP) is 3.17. The predicted molar refractivity (Wildman–Crippen MR) is 78.3 cm³/mol. The third kappa shape index (κ3) is 4.25. The number of nitrogens with two attached hydrogens (primary N) is 1. The molecule has 0 bridgehead atoms. The van der Waals surface area contributed by atoms with E-state index in [0.29, 0.717) is 6.04 Å². The molecule has 0 atom stereocenters. The maximum absolute atomic E-state index is 9.10. The minimum atomic E-state index is -0.233. The summed E-state index contributed by atoms with van der Waals surface area (Å²) in [5.41, 5.74) is 7.69. The van der Waals surface area contributed by atoms with Crippen molar-refractivity contribution in [2.45, 2.75) is 45.7 Å². The van der Waals surface area contributed by atoms with Crippen molar-refractivity contribution in [3.8, 4) is 6.07 Å². The molecule has 2 rings (SSSR count). The molecule has 0 heterocycles. The molecule has 1 aliphatic carbocycles. The second-order valence-corrected chi connectivity index (χ2v) is 6.19. The van der Waals surface area contributed by atoms with Gasteiger partial charge < -0.3 is 5.73 Å². The van der Waals surface area contributed by atoms with Crippen molar-refractivity contribution in [1.29, 1.82) is 5.26 Å². The SMILES string of the molecule is CC(C)(C#N)CCN(Cc1cccc(N)c1)C1CC1. The molecule has 0 aliphatic heterocycles. The Morgan fingerprint density at radius 2 is 2.16 bits per heavy atom. The molecule has 1 saturated carbocycles. The quantitative estimate of drug-likeness (QED) is 0.796. The topological polar surface area (TPSA) is 53.0 Å². The van der Waals surface area contributed by atoms with Crippen LogP contribution >= 0.6 is 0 Å². The molecular weight excluding hydrogens is 234 g/mol. The first-order valence-corrected chi connectivity index (χ1v) is 7.00. The van der Waals surface area contributed by atoms with Crippen LogP contribution in [0.4, 0.5) is 5.69 Å². The molecule has 0 saturated heterocycles. The van der Waals surface area contributed by atoms with Gasteiger partial charge in [0.05, 0.1) is 11.5 Å². The first kappa shape index (κ1) is 13.9. The highest BCUT2D eigenvalue weighted by Crippen LogP contribution is 2.30. The van der Waals surface area contributed by atoms with E-state index in [9.17, 15) is 0 Å². The number of benzene rings is 1. The van der Waals surface area contributed by atoms with Crippen LogP contribution in [-0.4, -0.2) is 17.5 Å². The Kier molecular flexibility index (Phi) is 4.11. The van der Waals surface area contributed by atoms with Gasteiger partial charge in [-0.1, -0.05) is 12.1 Å². The van der Waals surface area contributed by atoms with E-state index in [4.69, 9.17) is 11.0 Å². The lowest BCUT2D eigenvalue weighted by atomic mass is 9.91. The van der Waals surface area contributed by atoms with E-state index in [-0.39, 0.29) is 5.41 Å². The van der Waals surface area contributed by atoms with Crippen LogP contribution in [0.1, 0.15) is 38.7 Å². The minimum Gasteiger partial charge on any atom is -0.399 e. The van der Waals surface area contributed by atoms with Crippen molar-refractivity contribution >= 4 is 5.69 Å². The third-order valence-corrected chi connectivity index (χ3v) is 3.73. The summed E-state index contributed by atoms with van der Waals surface area (Å²) in [4.78, 5) is 2.49. The lowest BCUT2D eigenvalue weighted by molar-refractivity contribution is 0.225. The van der Waals surface area contributed by atoms with Crippen LogP contribution in [-0.2, 0) is 6.54 Å². The molecule has 1 aromatic rings. The maximum atomic E-state index is 9.10. The zero-order valence-electron chi connectivity index (χ0n) is 11.9. The molecule has 0 amide bonds. The summed E-state index contributed by atoms with van der Waals surface area (Å²) >= 11 is 0. The monoisotopic (exact) mass is 257 g/mol. The maximum Gasteiger partial charge on any atom is 0.0684 e. The molecule has 1 fully saturated rings. The fourth-order valence-corrected chi connectivity index (χ4v) is 2.24. The van der Waals surface area contributed by atoms with Crippen molar-refractivity contribution in [2.24, 2.45) is 5.41 Å². The summed E-state index contributed by atoms with van der Waals surface area (Å²) in [6, 6.07) is 11.2. The molecular formula is C16H23N3. The highest BCUT2D eigenvalue weighted by atomic mass is 15.2. The Bertz CT molecular complexity index is 469. The van der Waals surface area contributed by atoms with Gasteiger partial charge >= 0.3 is 0 Å². The van der Waals surface area contributed by atoms with Crippen LogP contribution in [0.15, 0.2) is 24.3 Å². The van der Waals surface area contributed by atoms with Crippen molar-refractivity contribution in [3.63, 3.8) is 0 Å². The largest absolute Gasteiger partial charge is 0.399 e. The fourth-order valence-electron chi connectivity index (χ4n) is 2.24. The van der Waals surface area contributed by atoms with Gasteiger partial charge in [-0.25, -0.2) is 0 Å². The van der Waals surface area contributed by atoms with E-state index in [2.05, 4.69) is 17.0 Å². The fraction of sp³-hybridized carbons (Fsp3) is 0.562. The second-order valence-electron chi connectivity index (χ2n) is 6.19.